The first-order chi connectivity index (χ1) is 10.1. The molecule has 2 aromatic rings. The Morgan fingerprint density at radius 1 is 1.14 bits per heavy atom. The molecule has 0 aliphatic carbocycles. The Kier molecular flexibility index (Phi) is 5.71. The van der Waals surface area contributed by atoms with Crippen LogP contribution in [0.5, 0.6) is 5.75 Å². The van der Waals surface area contributed by atoms with Crippen LogP contribution in [0.3, 0.4) is 0 Å². The Labute approximate surface area is 131 Å². The van der Waals surface area contributed by atoms with E-state index < -0.39 is 0 Å². The molecule has 0 aromatic heterocycles. The molecule has 0 saturated heterocycles. The van der Waals surface area contributed by atoms with Gasteiger partial charge in [-0.15, -0.1) is 11.8 Å². The first-order valence-electron chi connectivity index (χ1n) is 7.27. The van der Waals surface area contributed by atoms with E-state index in [-0.39, 0.29) is 11.3 Å². The predicted molar refractivity (Wildman–Crippen MR) is 91.0 cm³/mol. The van der Waals surface area contributed by atoms with Crippen molar-refractivity contribution in [2.45, 2.75) is 36.5 Å². The van der Waals surface area contributed by atoms with Crippen LogP contribution in [-0.2, 0) is 0 Å². The number of methoxy groups -OCH3 is 1. The van der Waals surface area contributed by atoms with E-state index in [0.29, 0.717) is 0 Å². The van der Waals surface area contributed by atoms with Crippen LogP contribution >= 0.6 is 11.8 Å². The molecule has 0 aliphatic heterocycles. The highest BCUT2D eigenvalue weighted by Crippen LogP contribution is 2.39. The average Bonchev–Trinajstić information content (AvgIpc) is 2.53. The molecule has 0 fully saturated rings. The van der Waals surface area contributed by atoms with Gasteiger partial charge in [0.05, 0.1) is 7.11 Å². The van der Waals surface area contributed by atoms with Crippen LogP contribution in [0, 0.1) is 6.92 Å². The van der Waals surface area contributed by atoms with Gasteiger partial charge in [0.2, 0.25) is 0 Å². The molecule has 2 atom stereocenters. The van der Waals surface area contributed by atoms with E-state index in [1.54, 1.807) is 18.9 Å². The summed E-state index contributed by atoms with van der Waals surface area (Å²) in [5.41, 5.74) is 8.91. The lowest BCUT2D eigenvalue weighted by molar-refractivity contribution is 0.413. The molecule has 2 N–H and O–H groups in total. The lowest BCUT2D eigenvalue weighted by atomic mass is 10.0. The minimum atomic E-state index is 0.129. The molecular formula is C18H23NOS. The van der Waals surface area contributed by atoms with E-state index in [1.807, 2.05) is 12.1 Å². The zero-order chi connectivity index (χ0) is 15.2. The zero-order valence-corrected chi connectivity index (χ0v) is 13.7. The van der Waals surface area contributed by atoms with Gasteiger partial charge in [0.1, 0.15) is 5.75 Å². The summed E-state index contributed by atoms with van der Waals surface area (Å²) in [4.78, 5) is 1.18. The van der Waals surface area contributed by atoms with Gasteiger partial charge in [-0.05, 0) is 37.1 Å². The van der Waals surface area contributed by atoms with Crippen molar-refractivity contribution in [2.75, 3.05) is 7.11 Å². The molecule has 2 aromatic carbocycles. The molecule has 0 aliphatic rings. The van der Waals surface area contributed by atoms with E-state index in [4.69, 9.17) is 10.5 Å². The van der Waals surface area contributed by atoms with Gasteiger partial charge in [0.25, 0.3) is 0 Å². The van der Waals surface area contributed by atoms with Gasteiger partial charge in [-0.1, -0.05) is 42.8 Å². The normalized spacial score (nSPS) is 13.7. The van der Waals surface area contributed by atoms with Crippen molar-refractivity contribution in [3.63, 3.8) is 0 Å². The lowest BCUT2D eigenvalue weighted by Gasteiger charge is -2.23. The van der Waals surface area contributed by atoms with Crippen LogP contribution in [0.4, 0.5) is 0 Å². The zero-order valence-electron chi connectivity index (χ0n) is 12.9. The third-order valence-corrected chi connectivity index (χ3v) is 4.97. The van der Waals surface area contributed by atoms with E-state index in [1.165, 1.54) is 16.0 Å². The Balaban J connectivity index is 2.25. The number of ether oxygens (including phenoxy) is 1. The first kappa shape index (κ1) is 15.9. The van der Waals surface area contributed by atoms with Gasteiger partial charge in [0.15, 0.2) is 0 Å². The summed E-state index contributed by atoms with van der Waals surface area (Å²) >= 11 is 1.80. The Bertz CT molecular complexity index is 568. The van der Waals surface area contributed by atoms with Gasteiger partial charge in [0, 0.05) is 16.2 Å². The van der Waals surface area contributed by atoms with Gasteiger partial charge in [-0.3, -0.25) is 0 Å². The van der Waals surface area contributed by atoms with E-state index in [9.17, 15) is 0 Å². The monoisotopic (exact) mass is 301 g/mol. The van der Waals surface area contributed by atoms with Crippen LogP contribution in [-0.4, -0.2) is 13.2 Å². The molecule has 0 spiro atoms. The van der Waals surface area contributed by atoms with Crippen molar-refractivity contribution in [1.29, 1.82) is 0 Å². The third kappa shape index (κ3) is 4.26. The summed E-state index contributed by atoms with van der Waals surface area (Å²) < 4.78 is 5.30. The molecule has 0 radical (unpaired) electrons. The van der Waals surface area contributed by atoms with Crippen molar-refractivity contribution in [2.24, 2.45) is 5.73 Å². The number of rotatable bonds is 6. The van der Waals surface area contributed by atoms with E-state index >= 15 is 0 Å². The number of thioether (sulfide) groups is 1. The first-order valence-corrected chi connectivity index (χ1v) is 8.15. The maximum Gasteiger partial charge on any atom is 0.119 e. The second kappa shape index (κ2) is 7.53. The number of benzene rings is 2. The van der Waals surface area contributed by atoms with Gasteiger partial charge < -0.3 is 10.5 Å². The molecule has 0 bridgehead atoms. The van der Waals surface area contributed by atoms with Crippen molar-refractivity contribution in [3.05, 3.63) is 59.7 Å². The molecule has 21 heavy (non-hydrogen) atoms. The number of hydrogen-bond acceptors (Lipinski definition) is 3. The van der Waals surface area contributed by atoms with E-state index in [0.717, 1.165) is 12.2 Å². The summed E-state index contributed by atoms with van der Waals surface area (Å²) in [5, 5.41) is 0.253. The molecule has 2 unspecified atom stereocenters. The largest absolute Gasteiger partial charge is 0.497 e. The lowest BCUT2D eigenvalue weighted by Crippen LogP contribution is -2.25. The number of aryl methyl sites for hydroxylation is 1. The molecule has 0 amide bonds. The number of nitrogens with two attached hydrogens (primary N) is 1. The van der Waals surface area contributed by atoms with Crippen molar-refractivity contribution in [1.82, 2.24) is 0 Å². The Morgan fingerprint density at radius 2 is 1.86 bits per heavy atom. The molecule has 0 heterocycles. The Morgan fingerprint density at radius 3 is 2.48 bits per heavy atom. The average molecular weight is 301 g/mol. The van der Waals surface area contributed by atoms with Crippen molar-refractivity contribution >= 4 is 11.8 Å². The van der Waals surface area contributed by atoms with E-state index in [2.05, 4.69) is 50.2 Å². The molecule has 2 nitrogen and oxygen atoms in total. The van der Waals surface area contributed by atoms with Crippen LogP contribution in [0.1, 0.15) is 29.7 Å². The SMILES string of the molecule is CCC(N)C(Sc1cccc(OC)c1)c1ccc(C)cc1. The fourth-order valence-electron chi connectivity index (χ4n) is 2.19. The molecule has 2 rings (SSSR count). The minimum Gasteiger partial charge on any atom is -0.497 e. The smallest absolute Gasteiger partial charge is 0.119 e. The van der Waals surface area contributed by atoms with Gasteiger partial charge in [-0.2, -0.15) is 0 Å². The second-order valence-corrected chi connectivity index (χ2v) is 6.42. The maximum absolute atomic E-state index is 6.35. The fourth-order valence-corrected chi connectivity index (χ4v) is 3.49. The van der Waals surface area contributed by atoms with Gasteiger partial charge in [-0.25, -0.2) is 0 Å². The molecule has 112 valence electrons. The summed E-state index contributed by atoms with van der Waals surface area (Å²) in [5.74, 6) is 0.882. The minimum absolute atomic E-state index is 0.129. The van der Waals surface area contributed by atoms with Crippen LogP contribution in [0.25, 0.3) is 0 Å². The molecular weight excluding hydrogens is 278 g/mol. The Hall–Kier alpha value is -1.45. The van der Waals surface area contributed by atoms with Crippen molar-refractivity contribution in [3.8, 4) is 5.75 Å². The molecule has 3 heteroatoms. The quantitative estimate of drug-likeness (QED) is 0.794. The summed E-state index contributed by atoms with van der Waals surface area (Å²) in [6.45, 7) is 4.24. The number of hydrogen-bond donors (Lipinski definition) is 1. The summed E-state index contributed by atoms with van der Waals surface area (Å²) in [7, 11) is 1.69. The van der Waals surface area contributed by atoms with Gasteiger partial charge >= 0.3 is 0 Å². The summed E-state index contributed by atoms with van der Waals surface area (Å²) in [6, 6.07) is 16.9. The highest BCUT2D eigenvalue weighted by Gasteiger charge is 2.20. The third-order valence-electron chi connectivity index (χ3n) is 3.57. The predicted octanol–water partition coefficient (Wildman–Crippen LogP) is 4.57. The van der Waals surface area contributed by atoms with Crippen molar-refractivity contribution < 1.29 is 4.74 Å². The topological polar surface area (TPSA) is 35.2 Å². The van der Waals surface area contributed by atoms with Crippen LogP contribution in [0.15, 0.2) is 53.4 Å². The maximum atomic E-state index is 6.35. The fraction of sp³-hybridized carbons (Fsp3) is 0.333. The standard InChI is InChI=1S/C18H23NOS/c1-4-17(19)18(14-10-8-13(2)9-11-14)21-16-7-5-6-15(12-16)20-3/h5-12,17-18H,4,19H2,1-3H3. The van der Waals surface area contributed by atoms with Crippen LogP contribution in [0.2, 0.25) is 0 Å². The summed E-state index contributed by atoms with van der Waals surface area (Å²) in [6.07, 6.45) is 0.954. The highest BCUT2D eigenvalue weighted by atomic mass is 32.2. The highest BCUT2D eigenvalue weighted by molar-refractivity contribution is 7.99. The second-order valence-electron chi connectivity index (χ2n) is 5.20. The molecule has 0 saturated carbocycles. The van der Waals surface area contributed by atoms with Crippen LogP contribution < -0.4 is 10.5 Å².